The van der Waals surface area contributed by atoms with Crippen molar-refractivity contribution in [3.63, 3.8) is 0 Å². The first-order chi connectivity index (χ1) is 14.2. The SMILES string of the molecule is Cc1[nH]c2ccc(-c3cncc(N)c3)cc2c1C(=O)Nc1ccc(C(F)(F)F)nc1. The summed E-state index contributed by atoms with van der Waals surface area (Å²) in [6.07, 6.45) is -0.346. The van der Waals surface area contributed by atoms with Crippen molar-refractivity contribution in [2.45, 2.75) is 13.1 Å². The third-order valence-corrected chi connectivity index (χ3v) is 4.62. The minimum atomic E-state index is -4.54. The number of nitrogens with zero attached hydrogens (tertiary/aromatic N) is 2. The van der Waals surface area contributed by atoms with Crippen molar-refractivity contribution >= 4 is 28.2 Å². The summed E-state index contributed by atoms with van der Waals surface area (Å²) in [7, 11) is 0. The molecule has 0 bridgehead atoms. The van der Waals surface area contributed by atoms with Crippen LogP contribution in [-0.2, 0) is 6.18 Å². The predicted octanol–water partition coefficient (Wildman–Crippen LogP) is 4.79. The summed E-state index contributed by atoms with van der Waals surface area (Å²) in [5.41, 5.74) is 8.87. The van der Waals surface area contributed by atoms with Gasteiger partial charge in [0.1, 0.15) is 5.69 Å². The molecule has 9 heteroatoms. The van der Waals surface area contributed by atoms with Crippen LogP contribution in [0, 0.1) is 6.92 Å². The zero-order valence-electron chi connectivity index (χ0n) is 15.7. The Bertz CT molecular complexity index is 1250. The van der Waals surface area contributed by atoms with Crippen LogP contribution in [0.3, 0.4) is 0 Å². The lowest BCUT2D eigenvalue weighted by molar-refractivity contribution is -0.141. The number of aryl methyl sites for hydroxylation is 1. The molecular formula is C21H16F3N5O. The third kappa shape index (κ3) is 3.69. The number of fused-ring (bicyclic) bond motifs is 1. The van der Waals surface area contributed by atoms with Crippen LogP contribution in [0.5, 0.6) is 0 Å². The van der Waals surface area contributed by atoms with Crippen molar-refractivity contribution in [1.29, 1.82) is 0 Å². The number of rotatable bonds is 3. The Hall–Kier alpha value is -3.88. The molecule has 0 spiro atoms. The van der Waals surface area contributed by atoms with E-state index in [1.54, 1.807) is 25.4 Å². The van der Waals surface area contributed by atoms with Crippen molar-refractivity contribution in [2.24, 2.45) is 0 Å². The Morgan fingerprint density at radius 3 is 2.53 bits per heavy atom. The first kappa shape index (κ1) is 19.4. The molecule has 4 rings (SSSR count). The second kappa shape index (κ2) is 7.18. The molecule has 1 aromatic carbocycles. The van der Waals surface area contributed by atoms with E-state index in [-0.39, 0.29) is 5.69 Å². The van der Waals surface area contributed by atoms with Crippen LogP contribution in [0.15, 0.2) is 55.0 Å². The molecule has 0 saturated carbocycles. The van der Waals surface area contributed by atoms with Gasteiger partial charge in [-0.05, 0) is 42.8 Å². The highest BCUT2D eigenvalue weighted by atomic mass is 19.4. The monoisotopic (exact) mass is 411 g/mol. The van der Waals surface area contributed by atoms with E-state index in [0.717, 1.165) is 28.9 Å². The maximum absolute atomic E-state index is 12.9. The lowest BCUT2D eigenvalue weighted by Crippen LogP contribution is -2.14. The molecule has 0 unspecified atom stereocenters. The fraction of sp³-hybridized carbons (Fsp3) is 0.0952. The summed E-state index contributed by atoms with van der Waals surface area (Å²) >= 11 is 0. The fourth-order valence-corrected chi connectivity index (χ4v) is 3.24. The highest BCUT2D eigenvalue weighted by Crippen LogP contribution is 2.30. The van der Waals surface area contributed by atoms with E-state index in [1.165, 1.54) is 6.07 Å². The Morgan fingerprint density at radius 2 is 1.87 bits per heavy atom. The summed E-state index contributed by atoms with van der Waals surface area (Å²) in [5.74, 6) is -0.455. The van der Waals surface area contributed by atoms with Crippen LogP contribution >= 0.6 is 0 Å². The number of alkyl halides is 3. The van der Waals surface area contributed by atoms with Gasteiger partial charge in [0.15, 0.2) is 0 Å². The number of nitrogen functional groups attached to an aromatic ring is 1. The van der Waals surface area contributed by atoms with Crippen molar-refractivity contribution in [1.82, 2.24) is 15.0 Å². The number of pyridine rings is 2. The Morgan fingerprint density at radius 1 is 1.07 bits per heavy atom. The molecule has 0 aliphatic rings. The molecule has 1 amide bonds. The number of benzene rings is 1. The average Bonchev–Trinajstić information content (AvgIpc) is 3.02. The van der Waals surface area contributed by atoms with E-state index < -0.39 is 17.8 Å². The van der Waals surface area contributed by atoms with E-state index >= 15 is 0 Å². The van der Waals surface area contributed by atoms with Gasteiger partial charge in [-0.15, -0.1) is 0 Å². The summed E-state index contributed by atoms with van der Waals surface area (Å²) in [6.45, 7) is 1.75. The first-order valence-electron chi connectivity index (χ1n) is 8.90. The van der Waals surface area contributed by atoms with Crippen molar-refractivity contribution in [3.8, 4) is 11.1 Å². The molecule has 0 aliphatic heterocycles. The quantitative estimate of drug-likeness (QED) is 0.452. The Labute approximate surface area is 169 Å². The number of amides is 1. The lowest BCUT2D eigenvalue weighted by Gasteiger charge is -2.08. The van der Waals surface area contributed by atoms with Crippen molar-refractivity contribution < 1.29 is 18.0 Å². The van der Waals surface area contributed by atoms with Gasteiger partial charge in [0, 0.05) is 34.6 Å². The van der Waals surface area contributed by atoms with Crippen LogP contribution in [0.25, 0.3) is 22.0 Å². The van der Waals surface area contributed by atoms with Gasteiger partial charge in [0.25, 0.3) is 5.91 Å². The predicted molar refractivity (Wildman–Crippen MR) is 108 cm³/mol. The number of halogens is 3. The number of nitrogens with two attached hydrogens (primary N) is 1. The fourth-order valence-electron chi connectivity index (χ4n) is 3.24. The zero-order valence-corrected chi connectivity index (χ0v) is 15.7. The minimum absolute atomic E-state index is 0.165. The molecule has 0 aliphatic carbocycles. The van der Waals surface area contributed by atoms with Gasteiger partial charge in [-0.25, -0.2) is 4.98 Å². The third-order valence-electron chi connectivity index (χ3n) is 4.62. The topological polar surface area (TPSA) is 96.7 Å². The van der Waals surface area contributed by atoms with Gasteiger partial charge < -0.3 is 16.0 Å². The molecule has 0 radical (unpaired) electrons. The van der Waals surface area contributed by atoms with Crippen molar-refractivity contribution in [3.05, 3.63) is 71.9 Å². The zero-order chi connectivity index (χ0) is 21.5. The molecule has 4 aromatic rings. The summed E-state index contributed by atoms with van der Waals surface area (Å²) < 4.78 is 38.0. The van der Waals surface area contributed by atoms with E-state index in [9.17, 15) is 18.0 Å². The van der Waals surface area contributed by atoms with E-state index in [4.69, 9.17) is 5.73 Å². The number of aromatic amines is 1. The highest BCUT2D eigenvalue weighted by molar-refractivity contribution is 6.14. The number of hydrogen-bond acceptors (Lipinski definition) is 4. The molecule has 0 fully saturated rings. The van der Waals surface area contributed by atoms with Crippen LogP contribution in [0.1, 0.15) is 21.7 Å². The van der Waals surface area contributed by atoms with Crippen LogP contribution in [0.2, 0.25) is 0 Å². The Kier molecular flexibility index (Phi) is 4.65. The first-order valence-corrected chi connectivity index (χ1v) is 8.90. The molecule has 6 nitrogen and oxygen atoms in total. The number of hydrogen-bond donors (Lipinski definition) is 3. The second-order valence-electron chi connectivity index (χ2n) is 6.78. The number of carbonyl (C=O) groups excluding carboxylic acids is 1. The number of H-pyrrole nitrogens is 1. The molecular weight excluding hydrogens is 395 g/mol. The van der Waals surface area contributed by atoms with Crippen LogP contribution < -0.4 is 11.1 Å². The van der Waals surface area contributed by atoms with Gasteiger partial charge in [-0.1, -0.05) is 6.07 Å². The largest absolute Gasteiger partial charge is 0.433 e. The van der Waals surface area contributed by atoms with E-state index in [1.807, 2.05) is 18.2 Å². The van der Waals surface area contributed by atoms with Crippen LogP contribution in [0.4, 0.5) is 24.5 Å². The van der Waals surface area contributed by atoms with Gasteiger partial charge in [-0.3, -0.25) is 9.78 Å². The lowest BCUT2D eigenvalue weighted by atomic mass is 10.0. The highest BCUT2D eigenvalue weighted by Gasteiger charge is 2.32. The summed E-state index contributed by atoms with van der Waals surface area (Å²) in [4.78, 5) is 23.5. The van der Waals surface area contributed by atoms with Gasteiger partial charge in [-0.2, -0.15) is 13.2 Å². The summed E-state index contributed by atoms with van der Waals surface area (Å²) in [6, 6.07) is 9.34. The van der Waals surface area contributed by atoms with Gasteiger partial charge >= 0.3 is 6.18 Å². The summed E-state index contributed by atoms with van der Waals surface area (Å²) in [5, 5.41) is 3.27. The molecule has 0 atom stereocenters. The Balaban J connectivity index is 1.68. The number of aromatic nitrogens is 3. The number of anilines is 2. The molecule has 152 valence electrons. The molecule has 4 N–H and O–H groups in total. The molecule has 3 aromatic heterocycles. The maximum atomic E-state index is 12.9. The number of nitrogens with one attached hydrogen (secondary N) is 2. The minimum Gasteiger partial charge on any atom is -0.397 e. The standard InChI is InChI=1S/C21H16F3N5O/c1-11-19(20(30)29-15-3-5-18(27-10-15)21(22,23)24)16-7-12(2-4-17(16)28-11)13-6-14(25)9-26-8-13/h2-10,28H,25H2,1H3,(H,29,30). The van der Waals surface area contributed by atoms with Gasteiger partial charge in [0.05, 0.1) is 23.1 Å². The molecule has 30 heavy (non-hydrogen) atoms. The second-order valence-corrected chi connectivity index (χ2v) is 6.78. The van der Waals surface area contributed by atoms with E-state index in [0.29, 0.717) is 22.3 Å². The maximum Gasteiger partial charge on any atom is 0.433 e. The van der Waals surface area contributed by atoms with E-state index in [2.05, 4.69) is 20.3 Å². The van der Waals surface area contributed by atoms with Crippen LogP contribution in [-0.4, -0.2) is 20.9 Å². The van der Waals surface area contributed by atoms with Gasteiger partial charge in [0.2, 0.25) is 0 Å². The molecule has 3 heterocycles. The normalized spacial score (nSPS) is 11.6. The average molecular weight is 411 g/mol. The molecule has 0 saturated heterocycles. The number of carbonyl (C=O) groups is 1. The smallest absolute Gasteiger partial charge is 0.397 e. The van der Waals surface area contributed by atoms with Crippen molar-refractivity contribution in [2.75, 3.05) is 11.1 Å².